The molecule has 3 N–H and O–H groups in total. The minimum Gasteiger partial charge on any atom is -0.481 e. The van der Waals surface area contributed by atoms with Gasteiger partial charge in [-0.2, -0.15) is 0 Å². The minimum atomic E-state index is -0.766. The number of carbonyl (C=O) groups is 1. The molecule has 0 aromatic rings. The summed E-state index contributed by atoms with van der Waals surface area (Å²) in [6, 6.07) is 0. The Labute approximate surface area is 169 Å². The van der Waals surface area contributed by atoms with Gasteiger partial charge in [-0.05, 0) is 86.9 Å². The van der Waals surface area contributed by atoms with Crippen LogP contribution in [0.2, 0.25) is 0 Å². The Morgan fingerprint density at radius 1 is 1.21 bits per heavy atom. The van der Waals surface area contributed by atoms with Crippen LogP contribution >= 0.6 is 0 Å². The van der Waals surface area contributed by atoms with Gasteiger partial charge in [0.2, 0.25) is 0 Å². The van der Waals surface area contributed by atoms with Crippen molar-refractivity contribution in [3.8, 4) is 0 Å². The van der Waals surface area contributed by atoms with E-state index in [4.69, 9.17) is 5.11 Å². The highest BCUT2D eigenvalue weighted by Crippen LogP contribution is 2.59. The van der Waals surface area contributed by atoms with E-state index < -0.39 is 5.97 Å². The third kappa shape index (κ3) is 4.54. The standard InChI is InChI=1S/C24H38O4/c1-16-5-9-20(26)14-18(16)7-6-17-4-3-13-24(2)21(17)10-11-22(24)19(15-25)8-12-23(27)28/h6-7,16,19-22,25-26H,3-5,8-15H2,1-2H3,(H,27,28)/b17-6?,18-7-/t16-,19-,20+,21-,22+,24-/m0/s1. The van der Waals surface area contributed by atoms with Gasteiger partial charge in [-0.15, -0.1) is 0 Å². The third-order valence-electron chi connectivity index (χ3n) is 8.12. The van der Waals surface area contributed by atoms with Crippen molar-refractivity contribution in [3.05, 3.63) is 23.3 Å². The molecule has 158 valence electrons. The molecule has 0 aromatic heterocycles. The Hall–Kier alpha value is -1.13. The highest BCUT2D eigenvalue weighted by molar-refractivity contribution is 5.66. The van der Waals surface area contributed by atoms with Crippen LogP contribution in [0.1, 0.15) is 78.1 Å². The van der Waals surface area contributed by atoms with Gasteiger partial charge in [0.25, 0.3) is 0 Å². The Morgan fingerprint density at radius 3 is 2.68 bits per heavy atom. The maximum Gasteiger partial charge on any atom is 0.303 e. The van der Waals surface area contributed by atoms with Gasteiger partial charge in [0.05, 0.1) is 6.10 Å². The molecule has 4 nitrogen and oxygen atoms in total. The second-order valence-corrected chi connectivity index (χ2v) is 9.79. The molecule has 0 heterocycles. The Balaban J connectivity index is 1.76. The number of aliphatic hydroxyl groups is 2. The fourth-order valence-corrected chi connectivity index (χ4v) is 6.43. The van der Waals surface area contributed by atoms with Crippen LogP contribution in [0.25, 0.3) is 0 Å². The number of aliphatic carboxylic acids is 1. The van der Waals surface area contributed by atoms with Gasteiger partial charge < -0.3 is 15.3 Å². The number of fused-ring (bicyclic) bond motifs is 1. The van der Waals surface area contributed by atoms with E-state index in [2.05, 4.69) is 26.0 Å². The van der Waals surface area contributed by atoms with E-state index in [0.717, 1.165) is 38.5 Å². The number of carboxylic acids is 1. The molecule has 0 aromatic carbocycles. The van der Waals surface area contributed by atoms with Crippen molar-refractivity contribution in [2.24, 2.45) is 29.1 Å². The number of rotatable bonds is 6. The molecule has 0 spiro atoms. The third-order valence-corrected chi connectivity index (χ3v) is 8.12. The highest BCUT2D eigenvalue weighted by Gasteiger charge is 2.51. The van der Waals surface area contributed by atoms with Gasteiger partial charge in [0, 0.05) is 13.0 Å². The van der Waals surface area contributed by atoms with Crippen molar-refractivity contribution in [2.75, 3.05) is 6.61 Å². The van der Waals surface area contributed by atoms with Gasteiger partial charge in [-0.1, -0.05) is 37.1 Å². The summed E-state index contributed by atoms with van der Waals surface area (Å²) in [7, 11) is 0. The van der Waals surface area contributed by atoms with Crippen molar-refractivity contribution in [3.63, 3.8) is 0 Å². The fraction of sp³-hybridized carbons (Fsp3) is 0.792. The molecule has 0 bridgehead atoms. The van der Waals surface area contributed by atoms with Crippen molar-refractivity contribution >= 4 is 5.97 Å². The first-order valence-corrected chi connectivity index (χ1v) is 11.3. The van der Waals surface area contributed by atoms with E-state index in [1.165, 1.54) is 24.0 Å². The van der Waals surface area contributed by atoms with Crippen LogP contribution in [-0.4, -0.2) is 34.0 Å². The Kier molecular flexibility index (Phi) is 7.03. The van der Waals surface area contributed by atoms with Crippen LogP contribution in [0, 0.1) is 29.1 Å². The van der Waals surface area contributed by atoms with Crippen molar-refractivity contribution in [1.29, 1.82) is 0 Å². The lowest BCUT2D eigenvalue weighted by atomic mass is 9.60. The second-order valence-electron chi connectivity index (χ2n) is 9.79. The van der Waals surface area contributed by atoms with E-state index >= 15 is 0 Å². The largest absolute Gasteiger partial charge is 0.481 e. The Bertz CT molecular complexity index is 622. The van der Waals surface area contributed by atoms with Crippen molar-refractivity contribution in [1.82, 2.24) is 0 Å². The van der Waals surface area contributed by atoms with Crippen LogP contribution in [0.5, 0.6) is 0 Å². The molecule has 28 heavy (non-hydrogen) atoms. The second kappa shape index (κ2) is 9.13. The Morgan fingerprint density at radius 2 is 1.96 bits per heavy atom. The number of carboxylic acid groups (broad SMARTS) is 1. The summed E-state index contributed by atoms with van der Waals surface area (Å²) < 4.78 is 0. The van der Waals surface area contributed by atoms with Crippen molar-refractivity contribution in [2.45, 2.75) is 84.2 Å². The average molecular weight is 391 g/mol. The van der Waals surface area contributed by atoms with Gasteiger partial charge in [0.1, 0.15) is 0 Å². The molecule has 4 heteroatoms. The molecular weight excluding hydrogens is 352 g/mol. The lowest BCUT2D eigenvalue weighted by Gasteiger charge is -2.44. The summed E-state index contributed by atoms with van der Waals surface area (Å²) >= 11 is 0. The molecule has 0 unspecified atom stereocenters. The summed E-state index contributed by atoms with van der Waals surface area (Å²) in [6.07, 6.45) is 13.7. The lowest BCUT2D eigenvalue weighted by molar-refractivity contribution is -0.137. The first-order chi connectivity index (χ1) is 13.3. The lowest BCUT2D eigenvalue weighted by Crippen LogP contribution is -2.37. The maximum absolute atomic E-state index is 11.0. The van der Waals surface area contributed by atoms with Crippen LogP contribution in [0.3, 0.4) is 0 Å². The van der Waals surface area contributed by atoms with Gasteiger partial charge >= 0.3 is 5.97 Å². The van der Waals surface area contributed by atoms with Gasteiger partial charge in [0.15, 0.2) is 0 Å². The normalized spacial score (nSPS) is 39.9. The summed E-state index contributed by atoms with van der Waals surface area (Å²) in [5.41, 5.74) is 3.08. The fourth-order valence-electron chi connectivity index (χ4n) is 6.43. The van der Waals surface area contributed by atoms with Crippen molar-refractivity contribution < 1.29 is 20.1 Å². The predicted octanol–water partition coefficient (Wildman–Crippen LogP) is 4.71. The van der Waals surface area contributed by atoms with Crippen LogP contribution in [0.15, 0.2) is 23.3 Å². The maximum atomic E-state index is 11.0. The quantitative estimate of drug-likeness (QED) is 0.614. The summed E-state index contributed by atoms with van der Waals surface area (Å²) in [4.78, 5) is 11.0. The van der Waals surface area contributed by atoms with E-state index in [1.54, 1.807) is 0 Å². The smallest absolute Gasteiger partial charge is 0.303 e. The first-order valence-electron chi connectivity index (χ1n) is 11.3. The molecule has 0 radical (unpaired) electrons. The summed E-state index contributed by atoms with van der Waals surface area (Å²) in [6.45, 7) is 4.74. The van der Waals surface area contributed by atoms with Crippen LogP contribution in [-0.2, 0) is 4.79 Å². The SMILES string of the molecule is C[C@H]1CC[C@@H](O)C/C1=C/C=C1CCC[C@]2(C)[C@@H]([C@H](CO)CCC(=O)O)CC[C@@H]12. The molecule has 0 saturated heterocycles. The highest BCUT2D eigenvalue weighted by atomic mass is 16.4. The van der Waals surface area contributed by atoms with E-state index in [-0.39, 0.29) is 30.5 Å². The molecule has 0 aliphatic heterocycles. The molecule has 3 fully saturated rings. The molecule has 6 atom stereocenters. The van der Waals surface area contributed by atoms with E-state index in [9.17, 15) is 15.0 Å². The molecule has 3 saturated carbocycles. The van der Waals surface area contributed by atoms with Crippen LogP contribution < -0.4 is 0 Å². The number of allylic oxidation sites excluding steroid dienone is 3. The molecule has 0 amide bonds. The van der Waals surface area contributed by atoms with E-state index in [1.807, 2.05) is 0 Å². The molecule has 3 aliphatic rings. The first kappa shape index (κ1) is 21.6. The molecule has 3 aliphatic carbocycles. The summed E-state index contributed by atoms with van der Waals surface area (Å²) in [5, 5.41) is 29.0. The molecular formula is C24H38O4. The zero-order valence-electron chi connectivity index (χ0n) is 17.6. The minimum absolute atomic E-state index is 0.0947. The number of hydrogen-bond donors (Lipinski definition) is 3. The van der Waals surface area contributed by atoms with Gasteiger partial charge in [-0.25, -0.2) is 0 Å². The zero-order chi connectivity index (χ0) is 20.3. The predicted molar refractivity (Wildman–Crippen MR) is 111 cm³/mol. The van der Waals surface area contributed by atoms with E-state index in [0.29, 0.717) is 24.2 Å². The molecule has 3 rings (SSSR count). The average Bonchev–Trinajstić information content (AvgIpc) is 3.00. The topological polar surface area (TPSA) is 77.8 Å². The number of aliphatic hydroxyl groups excluding tert-OH is 2. The number of hydrogen-bond acceptors (Lipinski definition) is 3. The monoisotopic (exact) mass is 390 g/mol. The summed E-state index contributed by atoms with van der Waals surface area (Å²) in [5.74, 6) is 0.843. The zero-order valence-corrected chi connectivity index (χ0v) is 17.6. The van der Waals surface area contributed by atoms with Gasteiger partial charge in [-0.3, -0.25) is 4.79 Å². The van der Waals surface area contributed by atoms with Crippen LogP contribution in [0.4, 0.5) is 0 Å².